The van der Waals surface area contributed by atoms with Crippen LogP contribution in [0.1, 0.15) is 27.2 Å². The summed E-state index contributed by atoms with van der Waals surface area (Å²) in [4.78, 5) is 13.6. The van der Waals surface area contributed by atoms with Gasteiger partial charge in [-0.2, -0.15) is 0 Å². The van der Waals surface area contributed by atoms with Crippen LogP contribution in [-0.2, 0) is 4.79 Å². The first-order chi connectivity index (χ1) is 6.79. The van der Waals surface area contributed by atoms with E-state index >= 15 is 0 Å². The van der Waals surface area contributed by atoms with Gasteiger partial charge in [-0.05, 0) is 5.41 Å². The van der Waals surface area contributed by atoms with Crippen molar-refractivity contribution < 1.29 is 9.18 Å². The molecule has 0 aromatic heterocycles. The highest BCUT2D eigenvalue weighted by Crippen LogP contribution is 2.17. The van der Waals surface area contributed by atoms with Gasteiger partial charge in [-0.25, -0.2) is 4.39 Å². The van der Waals surface area contributed by atoms with Crippen LogP contribution in [0.15, 0.2) is 0 Å². The SMILES string of the molecule is CN(CC(C)(C)C)C(=O)[C@H]1C[C@H](F)CN1. The first-order valence-electron chi connectivity index (χ1n) is 5.42. The van der Waals surface area contributed by atoms with Gasteiger partial charge >= 0.3 is 0 Å². The van der Waals surface area contributed by atoms with Crippen molar-refractivity contribution in [3.8, 4) is 0 Å². The molecule has 0 radical (unpaired) electrons. The second-order valence-corrected chi connectivity index (χ2v) is 5.55. The van der Waals surface area contributed by atoms with E-state index in [9.17, 15) is 9.18 Å². The largest absolute Gasteiger partial charge is 0.344 e. The zero-order chi connectivity index (χ0) is 11.6. The van der Waals surface area contributed by atoms with Gasteiger partial charge < -0.3 is 10.2 Å². The van der Waals surface area contributed by atoms with Gasteiger partial charge in [-0.3, -0.25) is 4.79 Å². The summed E-state index contributed by atoms with van der Waals surface area (Å²) in [7, 11) is 1.78. The van der Waals surface area contributed by atoms with Crippen molar-refractivity contribution in [2.45, 2.75) is 39.4 Å². The highest BCUT2D eigenvalue weighted by molar-refractivity contribution is 5.82. The summed E-state index contributed by atoms with van der Waals surface area (Å²) < 4.78 is 12.9. The molecule has 0 unspecified atom stereocenters. The third-order valence-corrected chi connectivity index (χ3v) is 2.46. The van der Waals surface area contributed by atoms with Crippen molar-refractivity contribution in [1.82, 2.24) is 10.2 Å². The molecular weight excluding hydrogens is 195 g/mol. The van der Waals surface area contributed by atoms with Gasteiger partial charge in [-0.1, -0.05) is 20.8 Å². The molecule has 1 fully saturated rings. The minimum Gasteiger partial charge on any atom is -0.344 e. The van der Waals surface area contributed by atoms with E-state index in [2.05, 4.69) is 26.1 Å². The van der Waals surface area contributed by atoms with Gasteiger partial charge in [0, 0.05) is 26.6 Å². The number of nitrogens with zero attached hydrogens (tertiary/aromatic N) is 1. The van der Waals surface area contributed by atoms with Crippen molar-refractivity contribution >= 4 is 5.91 Å². The van der Waals surface area contributed by atoms with E-state index in [-0.39, 0.29) is 17.4 Å². The van der Waals surface area contributed by atoms with E-state index in [0.717, 1.165) is 0 Å². The molecule has 15 heavy (non-hydrogen) atoms. The van der Waals surface area contributed by atoms with Crippen LogP contribution in [0.25, 0.3) is 0 Å². The fourth-order valence-corrected chi connectivity index (χ4v) is 1.94. The topological polar surface area (TPSA) is 32.3 Å². The molecule has 0 aromatic rings. The Labute approximate surface area is 91.0 Å². The average Bonchev–Trinajstić information content (AvgIpc) is 2.47. The van der Waals surface area contributed by atoms with Crippen LogP contribution in [-0.4, -0.2) is 43.2 Å². The van der Waals surface area contributed by atoms with Gasteiger partial charge in [0.2, 0.25) is 5.91 Å². The lowest BCUT2D eigenvalue weighted by Gasteiger charge is -2.28. The molecular formula is C11H21FN2O. The summed E-state index contributed by atoms with van der Waals surface area (Å²) in [5.41, 5.74) is 0.0815. The number of carbonyl (C=O) groups excluding carboxylic acids is 1. The van der Waals surface area contributed by atoms with Crippen molar-refractivity contribution in [2.24, 2.45) is 5.41 Å². The van der Waals surface area contributed by atoms with E-state index in [1.165, 1.54) is 0 Å². The minimum atomic E-state index is -0.873. The number of nitrogens with one attached hydrogen (secondary N) is 1. The van der Waals surface area contributed by atoms with Crippen molar-refractivity contribution in [2.75, 3.05) is 20.1 Å². The lowest BCUT2D eigenvalue weighted by Crippen LogP contribution is -2.44. The zero-order valence-corrected chi connectivity index (χ0v) is 10.0. The number of likely N-dealkylation sites (N-methyl/N-ethyl adjacent to an activating group) is 1. The zero-order valence-electron chi connectivity index (χ0n) is 10.0. The van der Waals surface area contributed by atoms with Crippen LogP contribution in [0.3, 0.4) is 0 Å². The molecule has 0 bridgehead atoms. The second kappa shape index (κ2) is 4.47. The Hall–Kier alpha value is -0.640. The quantitative estimate of drug-likeness (QED) is 0.752. The predicted octanol–water partition coefficient (Wildman–Crippen LogP) is 1.19. The lowest BCUT2D eigenvalue weighted by atomic mass is 9.96. The second-order valence-electron chi connectivity index (χ2n) is 5.55. The summed E-state index contributed by atoms with van der Waals surface area (Å²) in [5.74, 6) is 0.00470. The minimum absolute atomic E-state index is 0.00470. The van der Waals surface area contributed by atoms with E-state index in [0.29, 0.717) is 19.5 Å². The van der Waals surface area contributed by atoms with Crippen LogP contribution in [0, 0.1) is 5.41 Å². The number of hydrogen-bond donors (Lipinski definition) is 1. The van der Waals surface area contributed by atoms with Gasteiger partial charge in [0.25, 0.3) is 0 Å². The molecule has 3 nitrogen and oxygen atoms in total. The number of halogens is 1. The molecule has 1 heterocycles. The fraction of sp³-hybridized carbons (Fsp3) is 0.909. The van der Waals surface area contributed by atoms with E-state index in [1.807, 2.05) is 0 Å². The molecule has 2 atom stereocenters. The molecule has 1 N–H and O–H groups in total. The Morgan fingerprint density at radius 2 is 2.13 bits per heavy atom. The van der Waals surface area contributed by atoms with Crippen molar-refractivity contribution in [1.29, 1.82) is 0 Å². The Morgan fingerprint density at radius 3 is 2.53 bits per heavy atom. The van der Waals surface area contributed by atoms with Gasteiger partial charge in [-0.15, -0.1) is 0 Å². The molecule has 1 saturated heterocycles. The number of hydrogen-bond acceptors (Lipinski definition) is 2. The smallest absolute Gasteiger partial charge is 0.239 e. The maximum atomic E-state index is 12.9. The molecule has 1 amide bonds. The highest BCUT2D eigenvalue weighted by atomic mass is 19.1. The molecule has 0 saturated carbocycles. The maximum absolute atomic E-state index is 12.9. The van der Waals surface area contributed by atoms with Gasteiger partial charge in [0.1, 0.15) is 6.17 Å². The Bertz CT molecular complexity index is 237. The summed E-state index contributed by atoms with van der Waals surface area (Å²) >= 11 is 0. The third kappa shape index (κ3) is 3.78. The Balaban J connectivity index is 2.46. The molecule has 4 heteroatoms. The molecule has 1 rings (SSSR count). The molecule has 0 spiro atoms. The normalized spacial score (nSPS) is 26.7. The highest BCUT2D eigenvalue weighted by Gasteiger charge is 2.31. The van der Waals surface area contributed by atoms with Crippen molar-refractivity contribution in [3.63, 3.8) is 0 Å². The molecule has 0 aromatic carbocycles. The van der Waals surface area contributed by atoms with Gasteiger partial charge in [0.05, 0.1) is 6.04 Å². The molecule has 1 aliphatic heterocycles. The number of carbonyl (C=O) groups is 1. The van der Waals surface area contributed by atoms with Crippen LogP contribution in [0.5, 0.6) is 0 Å². The molecule has 1 aliphatic rings. The van der Waals surface area contributed by atoms with Crippen molar-refractivity contribution in [3.05, 3.63) is 0 Å². The molecule has 0 aliphatic carbocycles. The first-order valence-corrected chi connectivity index (χ1v) is 5.42. The number of amides is 1. The summed E-state index contributed by atoms with van der Waals surface area (Å²) in [6.07, 6.45) is -0.560. The lowest BCUT2D eigenvalue weighted by molar-refractivity contribution is -0.133. The van der Waals surface area contributed by atoms with Crippen LogP contribution in [0.4, 0.5) is 4.39 Å². The Morgan fingerprint density at radius 1 is 1.53 bits per heavy atom. The monoisotopic (exact) mass is 216 g/mol. The fourth-order valence-electron chi connectivity index (χ4n) is 1.94. The van der Waals surface area contributed by atoms with E-state index < -0.39 is 6.17 Å². The average molecular weight is 216 g/mol. The van der Waals surface area contributed by atoms with Crippen LogP contribution < -0.4 is 5.32 Å². The number of alkyl halides is 1. The van der Waals surface area contributed by atoms with Crippen LogP contribution in [0.2, 0.25) is 0 Å². The number of rotatable bonds is 2. The predicted molar refractivity (Wildman–Crippen MR) is 58.4 cm³/mol. The molecule has 88 valence electrons. The van der Waals surface area contributed by atoms with E-state index in [1.54, 1.807) is 11.9 Å². The van der Waals surface area contributed by atoms with Crippen LogP contribution >= 0.6 is 0 Å². The third-order valence-electron chi connectivity index (χ3n) is 2.46. The summed E-state index contributed by atoms with van der Waals surface area (Å²) in [6, 6.07) is -0.327. The standard InChI is InChI=1S/C11H21FN2O/c1-11(2,3)7-14(4)10(15)9-5-8(12)6-13-9/h8-9,13H,5-7H2,1-4H3/t8-,9+/m0/s1. The first kappa shape index (κ1) is 12.4. The summed E-state index contributed by atoms with van der Waals surface area (Å²) in [5, 5.41) is 2.91. The maximum Gasteiger partial charge on any atom is 0.239 e. The summed E-state index contributed by atoms with van der Waals surface area (Å²) in [6.45, 7) is 7.24. The Kier molecular flexibility index (Phi) is 3.71. The van der Waals surface area contributed by atoms with Gasteiger partial charge in [0.15, 0.2) is 0 Å². The van der Waals surface area contributed by atoms with E-state index in [4.69, 9.17) is 0 Å².